The zero-order valence-electron chi connectivity index (χ0n) is 16.4. The van der Waals surface area contributed by atoms with Gasteiger partial charge in [0.05, 0.1) is 5.69 Å². The summed E-state index contributed by atoms with van der Waals surface area (Å²) >= 11 is 6.09. The van der Waals surface area contributed by atoms with Gasteiger partial charge < -0.3 is 19.9 Å². The first kappa shape index (κ1) is 20.7. The van der Waals surface area contributed by atoms with Crippen LogP contribution < -0.4 is 10.2 Å². The minimum Gasteiger partial charge on any atom is -0.444 e. The summed E-state index contributed by atoms with van der Waals surface area (Å²) in [5.74, 6) is 0.912. The quantitative estimate of drug-likeness (QED) is 0.752. The third-order valence-electron chi connectivity index (χ3n) is 4.12. The van der Waals surface area contributed by atoms with Crippen LogP contribution in [0.25, 0.3) is 0 Å². The molecule has 8 heteroatoms. The van der Waals surface area contributed by atoms with E-state index in [-0.39, 0.29) is 11.4 Å². The van der Waals surface area contributed by atoms with Crippen LogP contribution in [0.5, 0.6) is 0 Å². The van der Waals surface area contributed by atoms with E-state index in [2.05, 4.69) is 20.2 Å². The summed E-state index contributed by atoms with van der Waals surface area (Å²) in [5.41, 5.74) is 1.68. The van der Waals surface area contributed by atoms with Gasteiger partial charge in [-0.05, 0) is 45.3 Å². The number of hydrogen-bond donors (Lipinski definition) is 1. The van der Waals surface area contributed by atoms with E-state index in [9.17, 15) is 4.79 Å². The van der Waals surface area contributed by atoms with Gasteiger partial charge in [-0.25, -0.2) is 14.8 Å². The molecule has 1 aromatic heterocycles. The molecule has 2 aliphatic heterocycles. The van der Waals surface area contributed by atoms with E-state index < -0.39 is 5.60 Å². The molecule has 1 aromatic rings. The van der Waals surface area contributed by atoms with E-state index in [0.717, 1.165) is 31.0 Å². The molecule has 0 saturated carbocycles. The van der Waals surface area contributed by atoms with Gasteiger partial charge in [0.25, 0.3) is 0 Å². The number of nitrogens with zero attached hydrogens (tertiary/aromatic N) is 4. The first-order valence-electron chi connectivity index (χ1n) is 9.32. The van der Waals surface area contributed by atoms with Crippen LogP contribution >= 0.6 is 11.6 Å². The Morgan fingerprint density at radius 1 is 1.15 bits per heavy atom. The number of amides is 1. The molecule has 7 nitrogen and oxygen atoms in total. The van der Waals surface area contributed by atoms with Gasteiger partial charge in [0, 0.05) is 38.3 Å². The third kappa shape index (κ3) is 5.20. The lowest BCUT2D eigenvalue weighted by Gasteiger charge is -2.37. The second-order valence-corrected chi connectivity index (χ2v) is 7.46. The molecule has 1 fully saturated rings. The molecular formula is C18H30ClN5O2. The number of hydrogen-bond acceptors (Lipinski definition) is 6. The number of fused-ring (bicyclic) bond motifs is 1. The highest BCUT2D eigenvalue weighted by Gasteiger charge is 2.28. The van der Waals surface area contributed by atoms with Crippen LogP contribution in [-0.4, -0.2) is 59.3 Å². The Labute approximate surface area is 161 Å². The molecule has 0 atom stereocenters. The highest BCUT2D eigenvalue weighted by Crippen LogP contribution is 2.26. The highest BCUT2D eigenvalue weighted by molar-refractivity contribution is 6.28. The Bertz CT molecular complexity index is 625. The standard InChI is InChI=1S/C16H24ClN5O2.C2H6/c1-16(2,3)24-15(23)22-8-6-21(7-9-22)13-11-4-5-18-10-12(11)19-14(17)20-13;1-2/h18H,4-10H2,1-3H3;1-2H3. The molecule has 0 bridgehead atoms. The van der Waals surface area contributed by atoms with E-state index in [1.807, 2.05) is 34.6 Å². The first-order chi connectivity index (χ1) is 12.3. The molecule has 2 aliphatic rings. The largest absolute Gasteiger partial charge is 0.444 e. The Hall–Kier alpha value is -1.60. The molecule has 0 radical (unpaired) electrons. The first-order valence-corrected chi connectivity index (χ1v) is 9.70. The highest BCUT2D eigenvalue weighted by atomic mass is 35.5. The van der Waals surface area contributed by atoms with Crippen LogP contribution in [0.15, 0.2) is 0 Å². The summed E-state index contributed by atoms with van der Waals surface area (Å²) in [5, 5.41) is 3.58. The molecule has 3 heterocycles. The van der Waals surface area contributed by atoms with Gasteiger partial charge >= 0.3 is 6.09 Å². The van der Waals surface area contributed by atoms with Gasteiger partial charge in [-0.2, -0.15) is 0 Å². The van der Waals surface area contributed by atoms with Gasteiger partial charge in [0.15, 0.2) is 0 Å². The maximum absolute atomic E-state index is 12.2. The van der Waals surface area contributed by atoms with Gasteiger partial charge in [0.1, 0.15) is 11.4 Å². The summed E-state index contributed by atoms with van der Waals surface area (Å²) in [6, 6.07) is 0. The van der Waals surface area contributed by atoms with E-state index in [1.54, 1.807) is 4.90 Å². The van der Waals surface area contributed by atoms with Crippen LogP contribution in [0.2, 0.25) is 5.28 Å². The lowest BCUT2D eigenvalue weighted by molar-refractivity contribution is 0.0240. The van der Waals surface area contributed by atoms with Gasteiger partial charge in [-0.3, -0.25) is 0 Å². The van der Waals surface area contributed by atoms with Crippen molar-refractivity contribution >= 4 is 23.5 Å². The van der Waals surface area contributed by atoms with Crippen molar-refractivity contribution in [2.75, 3.05) is 37.6 Å². The lowest BCUT2D eigenvalue weighted by Crippen LogP contribution is -2.50. The number of nitrogens with one attached hydrogen (secondary N) is 1. The summed E-state index contributed by atoms with van der Waals surface area (Å²) in [6.45, 7) is 13.9. The van der Waals surface area contributed by atoms with Crippen molar-refractivity contribution in [2.45, 2.75) is 53.2 Å². The van der Waals surface area contributed by atoms with Crippen molar-refractivity contribution in [1.29, 1.82) is 0 Å². The molecule has 1 amide bonds. The molecule has 1 saturated heterocycles. The molecule has 1 N–H and O–H groups in total. The Morgan fingerprint density at radius 3 is 2.42 bits per heavy atom. The molecule has 0 aliphatic carbocycles. The van der Waals surface area contributed by atoms with Gasteiger partial charge in [-0.15, -0.1) is 0 Å². The van der Waals surface area contributed by atoms with Crippen LogP contribution in [0.4, 0.5) is 10.6 Å². The SMILES string of the molecule is CC.CC(C)(C)OC(=O)N1CCN(c2nc(Cl)nc3c2CCNC3)CC1. The van der Waals surface area contributed by atoms with Crippen molar-refractivity contribution in [2.24, 2.45) is 0 Å². The number of rotatable bonds is 1. The van der Waals surface area contributed by atoms with Crippen molar-refractivity contribution < 1.29 is 9.53 Å². The molecular weight excluding hydrogens is 354 g/mol. The molecule has 3 rings (SSSR count). The van der Waals surface area contributed by atoms with Gasteiger partial charge in [-0.1, -0.05) is 13.8 Å². The zero-order chi connectivity index (χ0) is 19.3. The molecule has 0 unspecified atom stereocenters. The maximum Gasteiger partial charge on any atom is 0.410 e. The number of carbonyl (C=O) groups is 1. The lowest BCUT2D eigenvalue weighted by atomic mass is 10.1. The fourth-order valence-corrected chi connectivity index (χ4v) is 3.18. The monoisotopic (exact) mass is 383 g/mol. The maximum atomic E-state index is 12.2. The Balaban J connectivity index is 0.00000117. The van der Waals surface area contributed by atoms with Crippen molar-refractivity contribution in [1.82, 2.24) is 20.2 Å². The van der Waals surface area contributed by atoms with Gasteiger partial charge in [0.2, 0.25) is 5.28 Å². The topological polar surface area (TPSA) is 70.6 Å². The second kappa shape index (κ2) is 8.86. The predicted molar refractivity (Wildman–Crippen MR) is 104 cm³/mol. The van der Waals surface area contributed by atoms with Crippen LogP contribution in [-0.2, 0) is 17.7 Å². The molecule has 0 aromatic carbocycles. The van der Waals surface area contributed by atoms with E-state index in [1.165, 1.54) is 5.56 Å². The van der Waals surface area contributed by atoms with E-state index in [0.29, 0.717) is 26.2 Å². The summed E-state index contributed by atoms with van der Waals surface area (Å²) < 4.78 is 5.44. The van der Waals surface area contributed by atoms with Crippen LogP contribution in [0, 0.1) is 0 Å². The van der Waals surface area contributed by atoms with Crippen LogP contribution in [0.1, 0.15) is 45.9 Å². The minimum absolute atomic E-state index is 0.255. The smallest absolute Gasteiger partial charge is 0.410 e. The fourth-order valence-electron chi connectivity index (χ4n) is 3.00. The average molecular weight is 384 g/mol. The normalized spacial score (nSPS) is 17.2. The van der Waals surface area contributed by atoms with Crippen LogP contribution in [0.3, 0.4) is 0 Å². The summed E-state index contributed by atoms with van der Waals surface area (Å²) in [6.07, 6.45) is 0.641. The molecule has 0 spiro atoms. The summed E-state index contributed by atoms with van der Waals surface area (Å²) in [4.78, 5) is 24.9. The zero-order valence-corrected chi connectivity index (χ0v) is 17.2. The Kier molecular flexibility index (Phi) is 7.06. The number of aromatic nitrogens is 2. The fraction of sp³-hybridized carbons (Fsp3) is 0.722. The Morgan fingerprint density at radius 2 is 1.81 bits per heavy atom. The molecule has 146 valence electrons. The predicted octanol–water partition coefficient (Wildman–Crippen LogP) is 2.86. The molecule has 26 heavy (non-hydrogen) atoms. The average Bonchev–Trinajstić information content (AvgIpc) is 2.61. The second-order valence-electron chi connectivity index (χ2n) is 7.12. The van der Waals surface area contributed by atoms with E-state index in [4.69, 9.17) is 16.3 Å². The number of halogens is 1. The number of carbonyl (C=O) groups excluding carboxylic acids is 1. The van der Waals surface area contributed by atoms with E-state index >= 15 is 0 Å². The number of ether oxygens (including phenoxy) is 1. The number of piperazine rings is 1. The third-order valence-corrected chi connectivity index (χ3v) is 4.29. The van der Waals surface area contributed by atoms with Crippen molar-refractivity contribution in [3.8, 4) is 0 Å². The number of anilines is 1. The van der Waals surface area contributed by atoms with Crippen molar-refractivity contribution in [3.05, 3.63) is 16.5 Å². The van der Waals surface area contributed by atoms with Crippen molar-refractivity contribution in [3.63, 3.8) is 0 Å². The minimum atomic E-state index is -0.472. The summed E-state index contributed by atoms with van der Waals surface area (Å²) in [7, 11) is 0.